The lowest BCUT2D eigenvalue weighted by Crippen LogP contribution is -2.41. The standard InChI is InChI=1S/C22H24N2O4/c1-3-23(14-17-7-5-4-6-8-17)21(26)11-12-24-19-13-18(16(2)25)9-10-20(19)28-15-22(24)27/h4-10,13H,3,11-12,14-15H2,1-2H3. The van der Waals surface area contributed by atoms with E-state index in [1.165, 1.54) is 6.92 Å². The molecule has 0 bridgehead atoms. The van der Waals surface area contributed by atoms with Crippen LogP contribution in [0.3, 0.4) is 0 Å². The summed E-state index contributed by atoms with van der Waals surface area (Å²) in [6, 6.07) is 14.8. The fourth-order valence-corrected chi connectivity index (χ4v) is 3.21. The molecule has 0 spiro atoms. The van der Waals surface area contributed by atoms with Gasteiger partial charge in [0.25, 0.3) is 5.91 Å². The number of ether oxygens (including phenoxy) is 1. The molecule has 0 saturated heterocycles. The molecular formula is C22H24N2O4. The first-order chi connectivity index (χ1) is 13.5. The molecule has 1 aliphatic heterocycles. The van der Waals surface area contributed by atoms with Crippen molar-refractivity contribution in [3.63, 3.8) is 0 Å². The van der Waals surface area contributed by atoms with E-state index in [1.807, 2.05) is 37.3 Å². The lowest BCUT2D eigenvalue weighted by Gasteiger charge is -2.30. The zero-order valence-electron chi connectivity index (χ0n) is 16.2. The van der Waals surface area contributed by atoms with Gasteiger partial charge in [0.1, 0.15) is 5.75 Å². The Morgan fingerprint density at radius 3 is 2.57 bits per heavy atom. The number of rotatable bonds is 7. The largest absolute Gasteiger partial charge is 0.482 e. The molecule has 0 fully saturated rings. The summed E-state index contributed by atoms with van der Waals surface area (Å²) < 4.78 is 5.46. The quantitative estimate of drug-likeness (QED) is 0.693. The Morgan fingerprint density at radius 1 is 1.14 bits per heavy atom. The van der Waals surface area contributed by atoms with Crippen LogP contribution >= 0.6 is 0 Å². The summed E-state index contributed by atoms with van der Waals surface area (Å²) in [5.74, 6) is 0.229. The average Bonchev–Trinajstić information content (AvgIpc) is 2.71. The molecule has 0 unspecified atom stereocenters. The molecule has 0 aromatic heterocycles. The van der Waals surface area contributed by atoms with Gasteiger partial charge in [0.05, 0.1) is 5.69 Å². The third kappa shape index (κ3) is 4.39. The van der Waals surface area contributed by atoms with Gasteiger partial charge in [-0.05, 0) is 37.6 Å². The number of amides is 2. The van der Waals surface area contributed by atoms with E-state index in [2.05, 4.69) is 0 Å². The molecule has 6 heteroatoms. The second-order valence-corrected chi connectivity index (χ2v) is 6.72. The van der Waals surface area contributed by atoms with Gasteiger partial charge < -0.3 is 14.5 Å². The lowest BCUT2D eigenvalue weighted by molar-refractivity contribution is -0.131. The van der Waals surface area contributed by atoms with Crippen molar-refractivity contribution in [3.8, 4) is 5.75 Å². The number of nitrogens with zero attached hydrogens (tertiary/aromatic N) is 2. The Kier molecular flexibility index (Phi) is 6.09. The first-order valence-corrected chi connectivity index (χ1v) is 9.39. The maximum absolute atomic E-state index is 12.7. The lowest BCUT2D eigenvalue weighted by atomic mass is 10.1. The van der Waals surface area contributed by atoms with Gasteiger partial charge in [0.2, 0.25) is 5.91 Å². The molecule has 1 aliphatic rings. The Bertz CT molecular complexity index is 879. The van der Waals surface area contributed by atoms with Gasteiger partial charge in [-0.2, -0.15) is 0 Å². The van der Waals surface area contributed by atoms with Crippen LogP contribution in [0.5, 0.6) is 5.75 Å². The number of fused-ring (bicyclic) bond motifs is 1. The van der Waals surface area contributed by atoms with E-state index in [9.17, 15) is 14.4 Å². The smallest absolute Gasteiger partial charge is 0.265 e. The molecule has 146 valence electrons. The second kappa shape index (κ2) is 8.69. The third-order valence-electron chi connectivity index (χ3n) is 4.81. The molecule has 6 nitrogen and oxygen atoms in total. The van der Waals surface area contributed by atoms with Gasteiger partial charge in [0.15, 0.2) is 12.4 Å². The van der Waals surface area contributed by atoms with Crippen LogP contribution in [-0.2, 0) is 16.1 Å². The molecule has 0 saturated carbocycles. The van der Waals surface area contributed by atoms with Gasteiger partial charge >= 0.3 is 0 Å². The molecule has 2 amide bonds. The summed E-state index contributed by atoms with van der Waals surface area (Å²) in [7, 11) is 0. The molecular weight excluding hydrogens is 356 g/mol. The van der Waals surface area contributed by atoms with Crippen LogP contribution in [0.15, 0.2) is 48.5 Å². The summed E-state index contributed by atoms with van der Waals surface area (Å²) in [5.41, 5.74) is 2.12. The third-order valence-corrected chi connectivity index (χ3v) is 4.81. The summed E-state index contributed by atoms with van der Waals surface area (Å²) in [5, 5.41) is 0. The highest BCUT2D eigenvalue weighted by Crippen LogP contribution is 2.33. The minimum Gasteiger partial charge on any atom is -0.482 e. The Balaban J connectivity index is 1.71. The number of Topliss-reactive ketones (excluding diaryl/α,β-unsaturated/α-hetero) is 1. The van der Waals surface area contributed by atoms with Crippen molar-refractivity contribution in [1.82, 2.24) is 4.90 Å². The van der Waals surface area contributed by atoms with Crippen LogP contribution < -0.4 is 9.64 Å². The highest BCUT2D eigenvalue weighted by molar-refractivity contribution is 6.01. The minimum atomic E-state index is -0.216. The monoisotopic (exact) mass is 380 g/mol. The topological polar surface area (TPSA) is 66.9 Å². The predicted molar refractivity (Wildman–Crippen MR) is 106 cm³/mol. The molecule has 0 aliphatic carbocycles. The normalized spacial score (nSPS) is 12.9. The van der Waals surface area contributed by atoms with Crippen molar-refractivity contribution in [2.75, 3.05) is 24.6 Å². The Morgan fingerprint density at radius 2 is 1.89 bits per heavy atom. The summed E-state index contributed by atoms with van der Waals surface area (Å²) in [6.45, 7) is 4.73. The van der Waals surface area contributed by atoms with E-state index in [0.29, 0.717) is 30.1 Å². The minimum absolute atomic E-state index is 0.0186. The maximum atomic E-state index is 12.7. The van der Waals surface area contributed by atoms with E-state index >= 15 is 0 Å². The van der Waals surface area contributed by atoms with Gasteiger partial charge in [-0.3, -0.25) is 14.4 Å². The summed E-state index contributed by atoms with van der Waals surface area (Å²) in [6.07, 6.45) is 0.205. The van der Waals surface area contributed by atoms with E-state index < -0.39 is 0 Å². The summed E-state index contributed by atoms with van der Waals surface area (Å²) in [4.78, 5) is 40.1. The van der Waals surface area contributed by atoms with Crippen LogP contribution in [0.2, 0.25) is 0 Å². The number of ketones is 1. The van der Waals surface area contributed by atoms with Crippen molar-refractivity contribution in [2.24, 2.45) is 0 Å². The van der Waals surface area contributed by atoms with E-state index in [0.717, 1.165) is 5.56 Å². The van der Waals surface area contributed by atoms with Crippen molar-refractivity contribution in [1.29, 1.82) is 0 Å². The zero-order valence-corrected chi connectivity index (χ0v) is 16.2. The molecule has 0 atom stereocenters. The van der Waals surface area contributed by atoms with Crippen LogP contribution in [-0.4, -0.2) is 42.2 Å². The number of hydrogen-bond acceptors (Lipinski definition) is 4. The Labute approximate surface area is 164 Å². The van der Waals surface area contributed by atoms with Gasteiger partial charge in [-0.15, -0.1) is 0 Å². The first kappa shape index (κ1) is 19.6. The van der Waals surface area contributed by atoms with E-state index in [-0.39, 0.29) is 37.2 Å². The zero-order chi connectivity index (χ0) is 20.1. The van der Waals surface area contributed by atoms with Crippen molar-refractivity contribution in [3.05, 3.63) is 59.7 Å². The molecule has 28 heavy (non-hydrogen) atoms. The number of anilines is 1. The van der Waals surface area contributed by atoms with Crippen LogP contribution in [0.25, 0.3) is 0 Å². The van der Waals surface area contributed by atoms with Crippen molar-refractivity contribution >= 4 is 23.3 Å². The van der Waals surface area contributed by atoms with Crippen LogP contribution in [0.1, 0.15) is 36.2 Å². The SMILES string of the molecule is CCN(Cc1ccccc1)C(=O)CCN1C(=O)COc2ccc(C(C)=O)cc21. The highest BCUT2D eigenvalue weighted by Gasteiger charge is 2.27. The molecule has 1 heterocycles. The van der Waals surface area contributed by atoms with Crippen molar-refractivity contribution < 1.29 is 19.1 Å². The van der Waals surface area contributed by atoms with Crippen LogP contribution in [0.4, 0.5) is 5.69 Å². The maximum Gasteiger partial charge on any atom is 0.265 e. The summed E-state index contributed by atoms with van der Waals surface area (Å²) >= 11 is 0. The molecule has 0 N–H and O–H groups in total. The second-order valence-electron chi connectivity index (χ2n) is 6.72. The molecule has 2 aromatic rings. The number of carbonyl (C=O) groups excluding carboxylic acids is 3. The van der Waals surface area contributed by atoms with Gasteiger partial charge in [-0.1, -0.05) is 30.3 Å². The number of benzene rings is 2. The highest BCUT2D eigenvalue weighted by atomic mass is 16.5. The first-order valence-electron chi connectivity index (χ1n) is 9.39. The van der Waals surface area contributed by atoms with E-state index in [1.54, 1.807) is 28.0 Å². The molecule has 0 radical (unpaired) electrons. The van der Waals surface area contributed by atoms with Gasteiger partial charge in [0, 0.05) is 31.6 Å². The Hall–Kier alpha value is -3.15. The average molecular weight is 380 g/mol. The fraction of sp³-hybridized carbons (Fsp3) is 0.318. The number of hydrogen-bond donors (Lipinski definition) is 0. The number of carbonyl (C=O) groups is 3. The van der Waals surface area contributed by atoms with Crippen LogP contribution in [0, 0.1) is 0 Å². The fourth-order valence-electron chi connectivity index (χ4n) is 3.21. The predicted octanol–water partition coefficient (Wildman–Crippen LogP) is 3.05. The van der Waals surface area contributed by atoms with E-state index in [4.69, 9.17) is 4.74 Å². The van der Waals surface area contributed by atoms with Gasteiger partial charge in [-0.25, -0.2) is 0 Å². The molecule has 3 rings (SSSR count). The van der Waals surface area contributed by atoms with Crippen molar-refractivity contribution in [2.45, 2.75) is 26.8 Å². The molecule has 2 aromatic carbocycles.